The lowest BCUT2D eigenvalue weighted by molar-refractivity contribution is -0.151. The Morgan fingerprint density at radius 2 is 1.62 bits per heavy atom. The van der Waals surface area contributed by atoms with Gasteiger partial charge in [0.15, 0.2) is 11.8 Å². The van der Waals surface area contributed by atoms with E-state index in [2.05, 4.69) is 14.7 Å². The third-order valence-corrected chi connectivity index (χ3v) is 3.07. The largest absolute Gasteiger partial charge is 0.466 e. The molecule has 0 saturated carbocycles. The van der Waals surface area contributed by atoms with Gasteiger partial charge in [0.2, 0.25) is 0 Å². The second-order valence-corrected chi connectivity index (χ2v) is 5.38. The van der Waals surface area contributed by atoms with Crippen LogP contribution < -0.4 is 0 Å². The van der Waals surface area contributed by atoms with Gasteiger partial charge in [-0.1, -0.05) is 13.8 Å². The van der Waals surface area contributed by atoms with E-state index in [1.54, 1.807) is 13.8 Å². The smallest absolute Gasteiger partial charge is 0.359 e. The molecule has 0 aromatic carbocycles. The van der Waals surface area contributed by atoms with Gasteiger partial charge in [0, 0.05) is 0 Å². The maximum Gasteiger partial charge on any atom is 0.359 e. The van der Waals surface area contributed by atoms with E-state index >= 15 is 0 Å². The molecule has 6 heteroatoms. The number of hydrogen-bond acceptors (Lipinski definition) is 6. The van der Waals surface area contributed by atoms with Crippen molar-refractivity contribution in [2.45, 2.75) is 47.1 Å². The Hall–Kier alpha value is -1.98. The number of hydrogen-bond donors (Lipinski definition) is 0. The lowest BCUT2D eigenvalue weighted by Gasteiger charge is -2.17. The molecule has 0 spiro atoms. The summed E-state index contributed by atoms with van der Waals surface area (Å²) < 4.78 is 9.93. The van der Waals surface area contributed by atoms with Gasteiger partial charge in [0.25, 0.3) is 0 Å². The van der Waals surface area contributed by atoms with Gasteiger partial charge in [-0.15, -0.1) is 0 Å². The molecule has 0 N–H and O–H groups in total. The maximum atomic E-state index is 12.2. The topological polar surface area (TPSA) is 78.4 Å². The van der Waals surface area contributed by atoms with Gasteiger partial charge in [0.1, 0.15) is 0 Å². The van der Waals surface area contributed by atoms with Gasteiger partial charge in [-0.3, -0.25) is 4.98 Å². The molecular weight excluding hydrogens is 272 g/mol. The van der Waals surface area contributed by atoms with Gasteiger partial charge < -0.3 is 9.47 Å². The van der Waals surface area contributed by atoms with E-state index in [1.807, 2.05) is 20.8 Å². The van der Waals surface area contributed by atoms with Gasteiger partial charge in [-0.05, 0) is 33.1 Å². The van der Waals surface area contributed by atoms with Crippen LogP contribution in [-0.2, 0) is 14.3 Å². The highest BCUT2D eigenvalue weighted by molar-refractivity contribution is 5.90. The predicted octanol–water partition coefficient (Wildman–Crippen LogP) is 2.15. The van der Waals surface area contributed by atoms with Gasteiger partial charge in [0.05, 0.1) is 24.2 Å². The zero-order valence-corrected chi connectivity index (χ0v) is 13.4. The lowest BCUT2D eigenvalue weighted by Crippen LogP contribution is -2.30. The van der Waals surface area contributed by atoms with Crippen LogP contribution in [0.1, 0.15) is 47.8 Å². The molecule has 1 heterocycles. The molecule has 0 saturated heterocycles. The van der Waals surface area contributed by atoms with Crippen molar-refractivity contribution in [1.29, 1.82) is 0 Å². The SMILES string of the molecule is COC(=O)C(CC(C)C)OC(=O)c1nc(C)c(C)nc1C. The van der Waals surface area contributed by atoms with E-state index in [1.165, 1.54) is 7.11 Å². The van der Waals surface area contributed by atoms with E-state index in [4.69, 9.17) is 4.74 Å². The second-order valence-electron chi connectivity index (χ2n) is 5.38. The van der Waals surface area contributed by atoms with Crippen LogP contribution in [0.2, 0.25) is 0 Å². The van der Waals surface area contributed by atoms with Crippen molar-refractivity contribution in [2.75, 3.05) is 7.11 Å². The highest BCUT2D eigenvalue weighted by Gasteiger charge is 2.27. The summed E-state index contributed by atoms with van der Waals surface area (Å²) in [6, 6.07) is 0. The van der Waals surface area contributed by atoms with E-state index in [0.29, 0.717) is 17.8 Å². The number of carbonyl (C=O) groups excluding carboxylic acids is 2. The standard InChI is InChI=1S/C15H22N2O4/c1-8(2)7-12(14(18)20-6)21-15(19)13-11(5)16-9(3)10(4)17-13/h8,12H,7H2,1-6H3. The van der Waals surface area contributed by atoms with Crippen molar-refractivity contribution in [3.63, 3.8) is 0 Å². The summed E-state index contributed by atoms with van der Waals surface area (Å²) in [6.45, 7) is 9.15. The summed E-state index contributed by atoms with van der Waals surface area (Å²) in [4.78, 5) is 32.3. The van der Waals surface area contributed by atoms with Crippen LogP contribution in [0, 0.1) is 26.7 Å². The van der Waals surface area contributed by atoms with Crippen LogP contribution in [0.5, 0.6) is 0 Å². The normalized spacial score (nSPS) is 12.1. The Morgan fingerprint density at radius 1 is 1.05 bits per heavy atom. The summed E-state index contributed by atoms with van der Waals surface area (Å²) in [7, 11) is 1.27. The highest BCUT2D eigenvalue weighted by atomic mass is 16.6. The Morgan fingerprint density at radius 3 is 2.14 bits per heavy atom. The van der Waals surface area contributed by atoms with Crippen molar-refractivity contribution in [3.8, 4) is 0 Å². The van der Waals surface area contributed by atoms with Crippen LogP contribution in [0.3, 0.4) is 0 Å². The summed E-state index contributed by atoms with van der Waals surface area (Å²) in [6.07, 6.45) is -0.527. The Bertz CT molecular complexity index is 541. The van der Waals surface area contributed by atoms with Crippen LogP contribution in [-0.4, -0.2) is 35.1 Å². The molecule has 0 aliphatic rings. The number of aryl methyl sites for hydroxylation is 3. The number of aromatic nitrogens is 2. The van der Waals surface area contributed by atoms with Crippen molar-refractivity contribution < 1.29 is 19.1 Å². The van der Waals surface area contributed by atoms with Gasteiger partial charge >= 0.3 is 11.9 Å². The fraction of sp³-hybridized carbons (Fsp3) is 0.600. The van der Waals surface area contributed by atoms with Crippen LogP contribution in [0.25, 0.3) is 0 Å². The van der Waals surface area contributed by atoms with E-state index < -0.39 is 18.0 Å². The Kier molecular flexibility index (Phi) is 5.81. The zero-order valence-electron chi connectivity index (χ0n) is 13.4. The third-order valence-electron chi connectivity index (χ3n) is 3.07. The summed E-state index contributed by atoms with van der Waals surface area (Å²) >= 11 is 0. The highest BCUT2D eigenvalue weighted by Crippen LogP contribution is 2.14. The van der Waals surface area contributed by atoms with Gasteiger partial charge in [-0.2, -0.15) is 0 Å². The molecule has 1 rings (SSSR count). The minimum atomic E-state index is -0.926. The number of carbonyl (C=O) groups is 2. The molecule has 0 bridgehead atoms. The molecule has 21 heavy (non-hydrogen) atoms. The van der Waals surface area contributed by atoms with E-state index in [-0.39, 0.29) is 11.6 Å². The first kappa shape index (κ1) is 17.1. The first-order valence-corrected chi connectivity index (χ1v) is 6.86. The predicted molar refractivity (Wildman–Crippen MR) is 76.9 cm³/mol. The molecular formula is C15H22N2O4. The monoisotopic (exact) mass is 294 g/mol. The molecule has 6 nitrogen and oxygen atoms in total. The minimum absolute atomic E-state index is 0.135. The average Bonchev–Trinajstić information content (AvgIpc) is 2.40. The third kappa shape index (κ3) is 4.51. The summed E-state index contributed by atoms with van der Waals surface area (Å²) in [5.41, 5.74) is 2.04. The zero-order chi connectivity index (χ0) is 16.2. The van der Waals surface area contributed by atoms with Gasteiger partial charge in [-0.25, -0.2) is 14.6 Å². The van der Waals surface area contributed by atoms with Crippen LogP contribution in [0.15, 0.2) is 0 Å². The number of esters is 2. The van der Waals surface area contributed by atoms with E-state index in [0.717, 1.165) is 5.69 Å². The number of ether oxygens (including phenoxy) is 2. The number of rotatable bonds is 5. The molecule has 1 aromatic heterocycles. The Balaban J connectivity index is 2.96. The van der Waals surface area contributed by atoms with Crippen molar-refractivity contribution in [2.24, 2.45) is 5.92 Å². The molecule has 116 valence electrons. The van der Waals surface area contributed by atoms with Crippen molar-refractivity contribution in [1.82, 2.24) is 9.97 Å². The quantitative estimate of drug-likeness (QED) is 0.774. The lowest BCUT2D eigenvalue weighted by atomic mass is 10.1. The molecule has 1 aromatic rings. The summed E-state index contributed by atoms with van der Waals surface area (Å²) in [5, 5.41) is 0. The molecule has 0 radical (unpaired) electrons. The van der Waals surface area contributed by atoms with Crippen molar-refractivity contribution >= 4 is 11.9 Å². The molecule has 0 aliphatic carbocycles. The number of methoxy groups -OCH3 is 1. The average molecular weight is 294 g/mol. The molecule has 1 unspecified atom stereocenters. The molecule has 0 fully saturated rings. The van der Waals surface area contributed by atoms with E-state index in [9.17, 15) is 9.59 Å². The maximum absolute atomic E-state index is 12.2. The Labute approximate surface area is 124 Å². The number of nitrogens with zero attached hydrogens (tertiary/aromatic N) is 2. The minimum Gasteiger partial charge on any atom is -0.466 e. The second kappa shape index (κ2) is 7.15. The first-order chi connectivity index (χ1) is 9.76. The van der Waals surface area contributed by atoms with Crippen LogP contribution >= 0.6 is 0 Å². The first-order valence-electron chi connectivity index (χ1n) is 6.86. The molecule has 1 atom stereocenters. The fourth-order valence-electron chi connectivity index (χ4n) is 1.85. The van der Waals surface area contributed by atoms with Crippen molar-refractivity contribution in [3.05, 3.63) is 22.8 Å². The fourth-order valence-corrected chi connectivity index (χ4v) is 1.85. The molecule has 0 aliphatic heterocycles. The molecule has 0 amide bonds. The van der Waals surface area contributed by atoms with Crippen LogP contribution in [0.4, 0.5) is 0 Å². The summed E-state index contributed by atoms with van der Waals surface area (Å²) in [5.74, 6) is -1.03.